The lowest BCUT2D eigenvalue weighted by atomic mass is 9.98. The van der Waals surface area contributed by atoms with Crippen molar-refractivity contribution in [1.82, 2.24) is 15.3 Å². The average Bonchev–Trinajstić information content (AvgIpc) is 2.59. The van der Waals surface area contributed by atoms with E-state index in [1.54, 1.807) is 12.4 Å². The molecular formula is C12H19N3. The maximum absolute atomic E-state index is 4.21. The minimum Gasteiger partial charge on any atom is -0.307 e. The van der Waals surface area contributed by atoms with Gasteiger partial charge in [-0.1, -0.05) is 13.8 Å². The fraction of sp³-hybridized carbons (Fsp3) is 0.667. The Kier molecular flexibility index (Phi) is 3.31. The lowest BCUT2D eigenvalue weighted by Crippen LogP contribution is -2.32. The number of nitrogens with zero attached hydrogens (tertiary/aromatic N) is 2. The summed E-state index contributed by atoms with van der Waals surface area (Å²) in [6, 6.07) is 2.49. The van der Waals surface area contributed by atoms with Crippen molar-refractivity contribution in [3.05, 3.63) is 24.3 Å². The Hall–Kier alpha value is -0.960. The maximum atomic E-state index is 4.21. The van der Waals surface area contributed by atoms with Crippen molar-refractivity contribution < 1.29 is 0 Å². The van der Waals surface area contributed by atoms with Crippen molar-refractivity contribution in [3.63, 3.8) is 0 Å². The smallest absolute Gasteiger partial charge is 0.141 e. The monoisotopic (exact) mass is 205 g/mol. The van der Waals surface area contributed by atoms with Gasteiger partial charge in [-0.15, -0.1) is 0 Å². The summed E-state index contributed by atoms with van der Waals surface area (Å²) < 4.78 is 0. The standard InChI is InChI=1S/C12H19N3/c1-9-4-5-11(10(9)2)15-8-12-13-6-3-7-14-12/h3,6-7,9-11,15H,4-5,8H2,1-2H3. The SMILES string of the molecule is CC1CCC(NCc2ncccn2)C1C. The summed E-state index contributed by atoms with van der Waals surface area (Å²) in [6.45, 7) is 5.47. The third-order valence-electron chi connectivity index (χ3n) is 3.61. The molecule has 0 bridgehead atoms. The summed E-state index contributed by atoms with van der Waals surface area (Å²) in [5, 5.41) is 3.55. The van der Waals surface area contributed by atoms with Crippen molar-refractivity contribution in [2.24, 2.45) is 11.8 Å². The Morgan fingerprint density at radius 3 is 2.60 bits per heavy atom. The van der Waals surface area contributed by atoms with Crippen LogP contribution in [0.3, 0.4) is 0 Å². The van der Waals surface area contributed by atoms with E-state index in [2.05, 4.69) is 29.1 Å². The number of nitrogens with one attached hydrogen (secondary N) is 1. The van der Waals surface area contributed by atoms with Crippen LogP contribution in [-0.4, -0.2) is 16.0 Å². The van der Waals surface area contributed by atoms with Gasteiger partial charge in [-0.3, -0.25) is 0 Å². The van der Waals surface area contributed by atoms with E-state index >= 15 is 0 Å². The predicted octanol–water partition coefficient (Wildman–Crippen LogP) is 2.00. The van der Waals surface area contributed by atoms with Gasteiger partial charge in [0, 0.05) is 18.4 Å². The van der Waals surface area contributed by atoms with Crippen molar-refractivity contribution >= 4 is 0 Å². The molecule has 0 spiro atoms. The van der Waals surface area contributed by atoms with Gasteiger partial charge in [0.2, 0.25) is 0 Å². The summed E-state index contributed by atoms with van der Waals surface area (Å²) in [5.74, 6) is 2.51. The molecule has 3 atom stereocenters. The van der Waals surface area contributed by atoms with Crippen LogP contribution in [0.15, 0.2) is 18.5 Å². The molecule has 0 aromatic carbocycles. The van der Waals surface area contributed by atoms with E-state index in [4.69, 9.17) is 0 Å². The summed E-state index contributed by atoms with van der Waals surface area (Å²) in [5.41, 5.74) is 0. The molecule has 0 saturated heterocycles. The second-order valence-electron chi connectivity index (χ2n) is 4.57. The van der Waals surface area contributed by atoms with Gasteiger partial charge < -0.3 is 5.32 Å². The van der Waals surface area contributed by atoms with E-state index < -0.39 is 0 Å². The van der Waals surface area contributed by atoms with Crippen molar-refractivity contribution in [2.75, 3.05) is 0 Å². The highest BCUT2D eigenvalue weighted by atomic mass is 15.0. The predicted molar refractivity (Wildman–Crippen MR) is 60.2 cm³/mol. The molecule has 1 N–H and O–H groups in total. The van der Waals surface area contributed by atoms with Crippen molar-refractivity contribution in [2.45, 2.75) is 39.3 Å². The molecular weight excluding hydrogens is 186 g/mol. The number of rotatable bonds is 3. The highest BCUT2D eigenvalue weighted by Gasteiger charge is 2.29. The average molecular weight is 205 g/mol. The van der Waals surface area contributed by atoms with Crippen LogP contribution < -0.4 is 5.32 Å². The van der Waals surface area contributed by atoms with Crippen LogP contribution in [0.5, 0.6) is 0 Å². The fourth-order valence-electron chi connectivity index (χ4n) is 2.30. The van der Waals surface area contributed by atoms with Gasteiger partial charge in [0.15, 0.2) is 0 Å². The Morgan fingerprint density at radius 2 is 2.00 bits per heavy atom. The number of aromatic nitrogens is 2. The Morgan fingerprint density at radius 1 is 1.27 bits per heavy atom. The highest BCUT2D eigenvalue weighted by molar-refractivity contribution is 4.91. The first-order valence-corrected chi connectivity index (χ1v) is 5.76. The van der Waals surface area contributed by atoms with E-state index in [1.807, 2.05) is 6.07 Å². The van der Waals surface area contributed by atoms with Crippen LogP contribution in [0.1, 0.15) is 32.5 Å². The van der Waals surface area contributed by atoms with Gasteiger partial charge in [-0.25, -0.2) is 9.97 Å². The topological polar surface area (TPSA) is 37.8 Å². The molecule has 1 saturated carbocycles. The third-order valence-corrected chi connectivity index (χ3v) is 3.61. The quantitative estimate of drug-likeness (QED) is 0.820. The maximum Gasteiger partial charge on any atom is 0.141 e. The van der Waals surface area contributed by atoms with Gasteiger partial charge in [-0.2, -0.15) is 0 Å². The Balaban J connectivity index is 1.84. The third kappa shape index (κ3) is 2.53. The molecule has 3 unspecified atom stereocenters. The molecule has 1 heterocycles. The van der Waals surface area contributed by atoms with Crippen LogP contribution in [0.25, 0.3) is 0 Å². The van der Waals surface area contributed by atoms with Crippen LogP contribution in [0, 0.1) is 11.8 Å². The fourth-order valence-corrected chi connectivity index (χ4v) is 2.30. The van der Waals surface area contributed by atoms with Gasteiger partial charge in [0.25, 0.3) is 0 Å². The molecule has 1 aromatic rings. The summed E-state index contributed by atoms with van der Waals surface area (Å²) in [4.78, 5) is 8.42. The molecule has 3 heteroatoms. The first-order valence-electron chi connectivity index (χ1n) is 5.76. The number of hydrogen-bond acceptors (Lipinski definition) is 3. The molecule has 15 heavy (non-hydrogen) atoms. The van der Waals surface area contributed by atoms with Crippen LogP contribution in [0.4, 0.5) is 0 Å². The minimum absolute atomic E-state index is 0.642. The van der Waals surface area contributed by atoms with Crippen LogP contribution >= 0.6 is 0 Å². The van der Waals surface area contributed by atoms with Gasteiger partial charge in [-0.05, 0) is 30.7 Å². The highest BCUT2D eigenvalue weighted by Crippen LogP contribution is 2.31. The van der Waals surface area contributed by atoms with Crippen molar-refractivity contribution in [1.29, 1.82) is 0 Å². The molecule has 82 valence electrons. The molecule has 0 aliphatic heterocycles. The van der Waals surface area contributed by atoms with E-state index in [-0.39, 0.29) is 0 Å². The molecule has 1 aliphatic carbocycles. The zero-order valence-corrected chi connectivity index (χ0v) is 9.48. The molecule has 0 amide bonds. The van der Waals surface area contributed by atoms with Gasteiger partial charge in [0.05, 0.1) is 6.54 Å². The molecule has 0 radical (unpaired) electrons. The molecule has 1 aromatic heterocycles. The number of hydrogen-bond donors (Lipinski definition) is 1. The van der Waals surface area contributed by atoms with Gasteiger partial charge >= 0.3 is 0 Å². The Bertz CT molecular complexity index is 299. The summed E-state index contributed by atoms with van der Waals surface area (Å²) in [7, 11) is 0. The Labute approximate surface area is 91.3 Å². The van der Waals surface area contributed by atoms with Crippen LogP contribution in [0.2, 0.25) is 0 Å². The van der Waals surface area contributed by atoms with E-state index in [9.17, 15) is 0 Å². The molecule has 1 fully saturated rings. The lowest BCUT2D eigenvalue weighted by molar-refractivity contribution is 0.367. The van der Waals surface area contributed by atoms with Crippen molar-refractivity contribution in [3.8, 4) is 0 Å². The van der Waals surface area contributed by atoms with Gasteiger partial charge in [0.1, 0.15) is 5.82 Å². The summed E-state index contributed by atoms with van der Waals surface area (Å²) in [6.07, 6.45) is 6.22. The second kappa shape index (κ2) is 4.71. The largest absolute Gasteiger partial charge is 0.307 e. The lowest BCUT2D eigenvalue weighted by Gasteiger charge is -2.19. The normalized spacial score (nSPS) is 30.7. The van der Waals surface area contributed by atoms with E-state index in [0.29, 0.717) is 6.04 Å². The molecule has 2 rings (SSSR count). The second-order valence-corrected chi connectivity index (χ2v) is 4.57. The zero-order chi connectivity index (χ0) is 10.7. The minimum atomic E-state index is 0.642. The van der Waals surface area contributed by atoms with E-state index in [0.717, 1.165) is 24.2 Å². The first kappa shape index (κ1) is 10.6. The molecule has 1 aliphatic rings. The summed E-state index contributed by atoms with van der Waals surface area (Å²) >= 11 is 0. The zero-order valence-electron chi connectivity index (χ0n) is 9.48. The molecule has 3 nitrogen and oxygen atoms in total. The van der Waals surface area contributed by atoms with E-state index in [1.165, 1.54) is 12.8 Å². The first-order chi connectivity index (χ1) is 7.27. The van der Waals surface area contributed by atoms with Crippen LogP contribution in [-0.2, 0) is 6.54 Å².